The number of pyridine rings is 1. The molecular formula is C15H12F3N3O2S. The molecule has 0 spiro atoms. The number of aromatic nitrogens is 2. The van der Waals surface area contributed by atoms with Crippen molar-refractivity contribution in [2.45, 2.75) is 11.1 Å². The van der Waals surface area contributed by atoms with Crippen LogP contribution in [0.1, 0.15) is 5.56 Å². The van der Waals surface area contributed by atoms with Gasteiger partial charge in [0, 0.05) is 17.8 Å². The van der Waals surface area contributed by atoms with E-state index in [0.29, 0.717) is 16.7 Å². The van der Waals surface area contributed by atoms with Crippen molar-refractivity contribution < 1.29 is 21.6 Å². The molecule has 2 heterocycles. The molecule has 24 heavy (non-hydrogen) atoms. The summed E-state index contributed by atoms with van der Waals surface area (Å²) in [7, 11) is -2.25. The Morgan fingerprint density at radius 2 is 1.88 bits per heavy atom. The maximum Gasteiger partial charge on any atom is 0.417 e. The third-order valence-corrected chi connectivity index (χ3v) is 4.97. The molecule has 0 atom stereocenters. The molecule has 9 heteroatoms. The van der Waals surface area contributed by atoms with E-state index in [1.807, 2.05) is 0 Å². The van der Waals surface area contributed by atoms with Crippen molar-refractivity contribution in [2.24, 2.45) is 0 Å². The van der Waals surface area contributed by atoms with Gasteiger partial charge in [-0.2, -0.15) is 13.2 Å². The van der Waals surface area contributed by atoms with Gasteiger partial charge in [0.15, 0.2) is 0 Å². The largest absolute Gasteiger partial charge is 0.417 e. The molecule has 0 radical (unpaired) electrons. The fourth-order valence-electron chi connectivity index (χ4n) is 2.30. The molecule has 0 aliphatic heterocycles. The van der Waals surface area contributed by atoms with Gasteiger partial charge in [-0.3, -0.25) is 0 Å². The molecule has 3 aromatic rings. The van der Waals surface area contributed by atoms with E-state index >= 15 is 0 Å². The second kappa shape index (κ2) is 5.60. The van der Waals surface area contributed by atoms with Crippen LogP contribution >= 0.6 is 0 Å². The Bertz CT molecular complexity index is 993. The molecule has 0 aliphatic rings. The van der Waals surface area contributed by atoms with Gasteiger partial charge in [0.05, 0.1) is 16.0 Å². The fraction of sp³-hybridized carbons (Fsp3) is 0.133. The Hall–Kier alpha value is -2.39. The van der Waals surface area contributed by atoms with Crippen molar-refractivity contribution in [3.63, 3.8) is 0 Å². The van der Waals surface area contributed by atoms with Crippen LogP contribution in [-0.2, 0) is 16.2 Å². The number of benzene rings is 1. The monoisotopic (exact) mass is 355 g/mol. The SMILES string of the molecule is CNS(=O)(=O)c1ccc2c(ccn2-c2ccc(C(F)(F)F)cn2)c1. The van der Waals surface area contributed by atoms with Crippen LogP contribution in [0.4, 0.5) is 13.2 Å². The van der Waals surface area contributed by atoms with E-state index < -0.39 is 21.8 Å². The van der Waals surface area contributed by atoms with Gasteiger partial charge in [-0.1, -0.05) is 0 Å². The summed E-state index contributed by atoms with van der Waals surface area (Å²) in [5.41, 5.74) is -0.192. The minimum Gasteiger partial charge on any atom is -0.301 e. The van der Waals surface area contributed by atoms with Crippen LogP contribution < -0.4 is 4.72 Å². The van der Waals surface area contributed by atoms with Crippen LogP contribution in [0.5, 0.6) is 0 Å². The van der Waals surface area contributed by atoms with Gasteiger partial charge in [-0.05, 0) is 43.4 Å². The van der Waals surface area contributed by atoms with E-state index in [1.165, 1.54) is 25.2 Å². The topological polar surface area (TPSA) is 64.0 Å². The van der Waals surface area contributed by atoms with Crippen molar-refractivity contribution >= 4 is 20.9 Å². The number of nitrogens with zero attached hydrogens (tertiary/aromatic N) is 2. The van der Waals surface area contributed by atoms with Crippen LogP contribution in [0.2, 0.25) is 0 Å². The minimum atomic E-state index is -4.44. The van der Waals surface area contributed by atoms with Crippen LogP contribution in [0.15, 0.2) is 53.7 Å². The number of sulfonamides is 1. The number of fused-ring (bicyclic) bond motifs is 1. The van der Waals surface area contributed by atoms with Gasteiger partial charge in [0.1, 0.15) is 5.82 Å². The lowest BCUT2D eigenvalue weighted by Crippen LogP contribution is -2.18. The molecule has 2 aromatic heterocycles. The Morgan fingerprint density at radius 3 is 2.46 bits per heavy atom. The van der Waals surface area contributed by atoms with Gasteiger partial charge in [0.25, 0.3) is 0 Å². The number of halogens is 3. The van der Waals surface area contributed by atoms with E-state index in [2.05, 4.69) is 9.71 Å². The first kappa shape index (κ1) is 16.5. The van der Waals surface area contributed by atoms with Gasteiger partial charge in [-0.15, -0.1) is 0 Å². The van der Waals surface area contributed by atoms with E-state index in [4.69, 9.17) is 0 Å². The fourth-order valence-corrected chi connectivity index (χ4v) is 3.07. The summed E-state index contributed by atoms with van der Waals surface area (Å²) in [4.78, 5) is 3.94. The predicted molar refractivity (Wildman–Crippen MR) is 82.3 cm³/mol. The van der Waals surface area contributed by atoms with Crippen LogP contribution in [0.25, 0.3) is 16.7 Å². The van der Waals surface area contributed by atoms with Gasteiger partial charge >= 0.3 is 6.18 Å². The zero-order valence-electron chi connectivity index (χ0n) is 12.4. The molecule has 0 bridgehead atoms. The third-order valence-electron chi connectivity index (χ3n) is 3.56. The molecule has 1 N–H and O–H groups in total. The van der Waals surface area contributed by atoms with Crippen LogP contribution in [-0.4, -0.2) is 25.0 Å². The Labute approximate surface area is 135 Å². The summed E-state index contributed by atoms with van der Waals surface area (Å²) in [6, 6.07) is 8.38. The zero-order valence-corrected chi connectivity index (χ0v) is 13.2. The molecular weight excluding hydrogens is 343 g/mol. The molecule has 0 unspecified atom stereocenters. The standard InChI is InChI=1S/C15H12F3N3O2S/c1-19-24(22,23)12-3-4-13-10(8-12)6-7-21(13)14-5-2-11(9-20-14)15(16,17)18/h2-9,19H,1H3. The van der Waals surface area contributed by atoms with Crippen LogP contribution in [0.3, 0.4) is 0 Å². The number of hydrogen-bond donors (Lipinski definition) is 1. The van der Waals surface area contributed by atoms with Crippen molar-refractivity contribution in [3.8, 4) is 5.82 Å². The maximum atomic E-state index is 12.6. The Balaban J connectivity index is 2.05. The number of alkyl halides is 3. The summed E-state index contributed by atoms with van der Waals surface area (Å²) < 4.78 is 65.2. The van der Waals surface area contributed by atoms with Gasteiger partial charge in [-0.25, -0.2) is 18.1 Å². The number of hydrogen-bond acceptors (Lipinski definition) is 3. The van der Waals surface area contributed by atoms with Crippen molar-refractivity contribution in [3.05, 3.63) is 54.4 Å². The average Bonchev–Trinajstić information content (AvgIpc) is 2.97. The highest BCUT2D eigenvalue weighted by molar-refractivity contribution is 7.89. The van der Waals surface area contributed by atoms with Crippen molar-refractivity contribution in [1.29, 1.82) is 0 Å². The Kier molecular flexibility index (Phi) is 3.84. The lowest BCUT2D eigenvalue weighted by molar-refractivity contribution is -0.137. The highest BCUT2D eigenvalue weighted by Crippen LogP contribution is 2.29. The molecule has 1 aromatic carbocycles. The first-order chi connectivity index (χ1) is 11.2. The zero-order chi connectivity index (χ0) is 17.5. The van der Waals surface area contributed by atoms with E-state index in [0.717, 1.165) is 12.3 Å². The third kappa shape index (κ3) is 2.87. The molecule has 3 rings (SSSR count). The van der Waals surface area contributed by atoms with Crippen molar-refractivity contribution in [1.82, 2.24) is 14.3 Å². The quantitative estimate of drug-likeness (QED) is 0.786. The second-order valence-corrected chi connectivity index (χ2v) is 6.90. The summed E-state index contributed by atoms with van der Waals surface area (Å²) >= 11 is 0. The number of nitrogens with one attached hydrogen (secondary N) is 1. The molecule has 0 saturated carbocycles. The summed E-state index contributed by atoms with van der Waals surface area (Å²) in [6.07, 6.45) is -2.06. The average molecular weight is 355 g/mol. The highest BCUT2D eigenvalue weighted by atomic mass is 32.2. The summed E-state index contributed by atoms with van der Waals surface area (Å²) in [6.45, 7) is 0. The van der Waals surface area contributed by atoms with Crippen LogP contribution in [0, 0.1) is 0 Å². The van der Waals surface area contributed by atoms with E-state index in [9.17, 15) is 21.6 Å². The van der Waals surface area contributed by atoms with E-state index in [-0.39, 0.29) is 4.90 Å². The smallest absolute Gasteiger partial charge is 0.301 e. The van der Waals surface area contributed by atoms with Gasteiger partial charge in [0.2, 0.25) is 10.0 Å². The molecule has 5 nitrogen and oxygen atoms in total. The molecule has 0 amide bonds. The molecule has 0 saturated heterocycles. The maximum absolute atomic E-state index is 12.6. The first-order valence-corrected chi connectivity index (χ1v) is 8.29. The highest BCUT2D eigenvalue weighted by Gasteiger charge is 2.30. The van der Waals surface area contributed by atoms with Gasteiger partial charge < -0.3 is 4.57 Å². The second-order valence-electron chi connectivity index (χ2n) is 5.02. The summed E-state index contributed by atoms with van der Waals surface area (Å²) in [5, 5.41) is 0.632. The first-order valence-electron chi connectivity index (χ1n) is 6.81. The van der Waals surface area contributed by atoms with Crippen molar-refractivity contribution in [2.75, 3.05) is 7.05 Å². The minimum absolute atomic E-state index is 0.107. The number of rotatable bonds is 3. The molecule has 0 fully saturated rings. The lowest BCUT2D eigenvalue weighted by atomic mass is 10.2. The lowest BCUT2D eigenvalue weighted by Gasteiger charge is -2.09. The summed E-state index contributed by atoms with van der Waals surface area (Å²) in [5.74, 6) is 0.308. The predicted octanol–water partition coefficient (Wildman–Crippen LogP) is 2.95. The Morgan fingerprint density at radius 1 is 1.12 bits per heavy atom. The molecule has 126 valence electrons. The van der Waals surface area contributed by atoms with E-state index in [1.54, 1.807) is 22.9 Å². The molecule has 0 aliphatic carbocycles. The normalized spacial score (nSPS) is 12.7.